The molecule has 0 heterocycles. The van der Waals surface area contributed by atoms with E-state index in [0.717, 1.165) is 54.5 Å². The maximum atomic E-state index is 9.53. The van der Waals surface area contributed by atoms with Gasteiger partial charge >= 0.3 is 0 Å². The second kappa shape index (κ2) is 15.6. The smallest absolute Gasteiger partial charge is 0.133 e. The first-order valence-corrected chi connectivity index (χ1v) is 11.6. The van der Waals surface area contributed by atoms with E-state index in [0.29, 0.717) is 0 Å². The molecule has 158 valence electrons. The quantitative estimate of drug-likeness (QED) is 0.188. The van der Waals surface area contributed by atoms with Crippen LogP contribution in [0.3, 0.4) is 0 Å². The van der Waals surface area contributed by atoms with Crippen molar-refractivity contribution in [2.75, 3.05) is 5.73 Å². The summed E-state index contributed by atoms with van der Waals surface area (Å²) in [6, 6.07) is 10.2. The molecule has 0 amide bonds. The fourth-order valence-corrected chi connectivity index (χ4v) is 3.88. The van der Waals surface area contributed by atoms with Crippen LogP contribution in [0.15, 0.2) is 23.8 Å². The third kappa shape index (κ3) is 9.19. The van der Waals surface area contributed by atoms with Gasteiger partial charge in [0.05, 0.1) is 0 Å². The van der Waals surface area contributed by atoms with Gasteiger partial charge in [-0.05, 0) is 48.4 Å². The fourth-order valence-electron chi connectivity index (χ4n) is 3.88. The molecule has 0 unspecified atom stereocenters. The first-order valence-electron chi connectivity index (χ1n) is 11.6. The summed E-state index contributed by atoms with van der Waals surface area (Å²) in [6.07, 6.45) is 16.3. The van der Waals surface area contributed by atoms with Gasteiger partial charge in [0, 0.05) is 5.69 Å². The topological polar surface area (TPSA) is 73.6 Å². The Balaban J connectivity index is 2.90. The SMILES string of the molecule is CCCCCCCCC(=C(C#N)C#N)c1cccc(N)c1CCCCCCCC. The molecule has 29 heavy (non-hydrogen) atoms. The van der Waals surface area contributed by atoms with Crippen molar-refractivity contribution in [3.63, 3.8) is 0 Å². The van der Waals surface area contributed by atoms with Crippen LogP contribution < -0.4 is 5.73 Å². The van der Waals surface area contributed by atoms with Gasteiger partial charge in [-0.2, -0.15) is 10.5 Å². The molecule has 3 heteroatoms. The molecule has 1 rings (SSSR count). The molecule has 0 aliphatic carbocycles. The Bertz CT molecular complexity index is 688. The van der Waals surface area contributed by atoms with E-state index >= 15 is 0 Å². The third-order valence-electron chi connectivity index (χ3n) is 5.62. The molecule has 0 radical (unpaired) electrons. The van der Waals surface area contributed by atoms with Crippen LogP contribution in [0.2, 0.25) is 0 Å². The number of nitriles is 2. The van der Waals surface area contributed by atoms with Gasteiger partial charge in [0.15, 0.2) is 0 Å². The molecule has 1 aromatic rings. The zero-order chi connectivity index (χ0) is 21.3. The minimum atomic E-state index is 0.244. The third-order valence-corrected chi connectivity index (χ3v) is 5.62. The summed E-state index contributed by atoms with van der Waals surface area (Å²) in [6.45, 7) is 4.45. The number of hydrogen-bond acceptors (Lipinski definition) is 3. The van der Waals surface area contributed by atoms with Gasteiger partial charge in [0.25, 0.3) is 0 Å². The molecular weight excluding hydrogens is 354 g/mol. The maximum Gasteiger partial charge on any atom is 0.133 e. The number of hydrogen-bond donors (Lipinski definition) is 1. The summed E-state index contributed by atoms with van der Waals surface area (Å²) in [5, 5.41) is 19.1. The molecule has 0 aliphatic heterocycles. The summed E-state index contributed by atoms with van der Waals surface area (Å²) in [5.74, 6) is 0. The largest absolute Gasteiger partial charge is 0.398 e. The van der Waals surface area contributed by atoms with E-state index in [1.165, 1.54) is 57.8 Å². The van der Waals surface area contributed by atoms with E-state index in [9.17, 15) is 10.5 Å². The lowest BCUT2D eigenvalue weighted by atomic mass is 9.89. The highest BCUT2D eigenvalue weighted by Crippen LogP contribution is 2.32. The number of benzene rings is 1. The minimum absolute atomic E-state index is 0.244. The molecule has 0 atom stereocenters. The number of allylic oxidation sites excluding steroid dienone is 2. The maximum absolute atomic E-state index is 9.53. The fraction of sp³-hybridized carbons (Fsp3) is 0.615. The van der Waals surface area contributed by atoms with Crippen LogP contribution in [0.5, 0.6) is 0 Å². The first-order chi connectivity index (χ1) is 14.2. The first kappa shape index (κ1) is 24.8. The number of anilines is 1. The Morgan fingerprint density at radius 2 is 1.34 bits per heavy atom. The average Bonchev–Trinajstić information content (AvgIpc) is 2.73. The van der Waals surface area contributed by atoms with Gasteiger partial charge in [-0.15, -0.1) is 0 Å². The van der Waals surface area contributed by atoms with Crippen molar-refractivity contribution in [1.82, 2.24) is 0 Å². The second-order valence-corrected chi connectivity index (χ2v) is 7.99. The number of nitrogen functional groups attached to an aromatic ring is 1. The highest BCUT2D eigenvalue weighted by Gasteiger charge is 2.15. The van der Waals surface area contributed by atoms with Crippen LogP contribution in [0, 0.1) is 22.7 Å². The Labute approximate surface area is 178 Å². The molecule has 1 aromatic carbocycles. The summed E-state index contributed by atoms with van der Waals surface area (Å²) in [5.41, 5.74) is 10.4. The van der Waals surface area contributed by atoms with E-state index in [1.807, 2.05) is 18.2 Å². The predicted molar refractivity (Wildman–Crippen MR) is 124 cm³/mol. The van der Waals surface area contributed by atoms with E-state index in [1.54, 1.807) is 0 Å². The van der Waals surface area contributed by atoms with Gasteiger partial charge < -0.3 is 5.73 Å². The molecule has 0 aliphatic rings. The van der Waals surface area contributed by atoms with Crippen LogP contribution in [0.4, 0.5) is 5.69 Å². The second-order valence-electron chi connectivity index (χ2n) is 7.99. The average molecular weight is 394 g/mol. The number of nitrogens with zero attached hydrogens (tertiary/aromatic N) is 2. The lowest BCUT2D eigenvalue weighted by molar-refractivity contribution is 0.607. The van der Waals surface area contributed by atoms with Gasteiger partial charge in [-0.3, -0.25) is 0 Å². The Kier molecular flexibility index (Phi) is 13.4. The summed E-state index contributed by atoms with van der Waals surface area (Å²) < 4.78 is 0. The molecule has 3 nitrogen and oxygen atoms in total. The summed E-state index contributed by atoms with van der Waals surface area (Å²) >= 11 is 0. The van der Waals surface area contributed by atoms with E-state index in [4.69, 9.17) is 5.73 Å². The van der Waals surface area contributed by atoms with Crippen molar-refractivity contribution < 1.29 is 0 Å². The molecule has 0 fully saturated rings. The van der Waals surface area contributed by atoms with Gasteiger partial charge in [0.1, 0.15) is 17.7 Å². The highest BCUT2D eigenvalue weighted by atomic mass is 14.6. The van der Waals surface area contributed by atoms with Gasteiger partial charge in [0.2, 0.25) is 0 Å². The molecule has 0 aromatic heterocycles. The summed E-state index contributed by atoms with van der Waals surface area (Å²) in [7, 11) is 0. The van der Waals surface area contributed by atoms with Crippen molar-refractivity contribution in [2.24, 2.45) is 0 Å². The van der Waals surface area contributed by atoms with Crippen LogP contribution in [0.25, 0.3) is 5.57 Å². The van der Waals surface area contributed by atoms with Crippen molar-refractivity contribution in [3.05, 3.63) is 34.9 Å². The lowest BCUT2D eigenvalue weighted by Crippen LogP contribution is -2.02. The van der Waals surface area contributed by atoms with Crippen LogP contribution in [-0.2, 0) is 6.42 Å². The van der Waals surface area contributed by atoms with E-state index < -0.39 is 0 Å². The molecule has 0 spiro atoms. The van der Waals surface area contributed by atoms with Gasteiger partial charge in [-0.25, -0.2) is 0 Å². The van der Waals surface area contributed by atoms with Crippen molar-refractivity contribution in [1.29, 1.82) is 10.5 Å². The standard InChI is InChI=1S/C26H39N3/c1-3-5-7-9-11-13-16-23(22(20-27)21-28)24-18-15-19-26(29)25(24)17-14-12-10-8-6-4-2/h15,18-19H,3-14,16-17,29H2,1-2H3. The van der Waals surface area contributed by atoms with Gasteiger partial charge in [-0.1, -0.05) is 90.2 Å². The van der Waals surface area contributed by atoms with Crippen molar-refractivity contribution >= 4 is 11.3 Å². The zero-order valence-electron chi connectivity index (χ0n) is 18.6. The number of rotatable bonds is 15. The normalized spacial score (nSPS) is 10.3. The Morgan fingerprint density at radius 3 is 1.93 bits per heavy atom. The Hall–Kier alpha value is -2.26. The summed E-state index contributed by atoms with van der Waals surface area (Å²) in [4.78, 5) is 0. The lowest BCUT2D eigenvalue weighted by Gasteiger charge is -2.16. The zero-order valence-corrected chi connectivity index (χ0v) is 18.6. The van der Waals surface area contributed by atoms with Crippen LogP contribution in [-0.4, -0.2) is 0 Å². The van der Waals surface area contributed by atoms with Crippen molar-refractivity contribution in [3.8, 4) is 12.1 Å². The molecular formula is C26H39N3. The minimum Gasteiger partial charge on any atom is -0.398 e. The molecule has 2 N–H and O–H groups in total. The van der Waals surface area contributed by atoms with Crippen LogP contribution >= 0.6 is 0 Å². The highest BCUT2D eigenvalue weighted by molar-refractivity contribution is 5.79. The molecule has 0 bridgehead atoms. The molecule has 0 saturated carbocycles. The van der Waals surface area contributed by atoms with Crippen LogP contribution in [0.1, 0.15) is 108 Å². The number of nitrogens with two attached hydrogens (primary N) is 1. The Morgan fingerprint density at radius 1 is 0.793 bits per heavy atom. The van der Waals surface area contributed by atoms with E-state index in [-0.39, 0.29) is 5.57 Å². The number of unbranched alkanes of at least 4 members (excludes halogenated alkanes) is 10. The van der Waals surface area contributed by atoms with Crippen molar-refractivity contribution in [2.45, 2.75) is 104 Å². The molecule has 0 saturated heterocycles. The monoisotopic (exact) mass is 393 g/mol. The predicted octanol–water partition coefficient (Wildman–Crippen LogP) is 7.72. The van der Waals surface area contributed by atoms with E-state index in [2.05, 4.69) is 26.0 Å².